The van der Waals surface area contributed by atoms with Gasteiger partial charge in [-0.15, -0.1) is 0 Å². The van der Waals surface area contributed by atoms with E-state index in [0.717, 1.165) is 12.5 Å². The summed E-state index contributed by atoms with van der Waals surface area (Å²) in [4.78, 5) is 7.33. The average molecular weight is 373 g/mol. The van der Waals surface area contributed by atoms with Gasteiger partial charge in [0, 0.05) is 43.0 Å². The van der Waals surface area contributed by atoms with Crippen LogP contribution in [-0.4, -0.2) is 48.8 Å². The predicted octanol–water partition coefficient (Wildman–Crippen LogP) is 4.22. The highest BCUT2D eigenvalue weighted by atomic mass is 19.4. The van der Waals surface area contributed by atoms with E-state index < -0.39 is 24.4 Å². The maximum Gasteiger partial charge on any atom is 0.401 e. The molecule has 2 heterocycles. The molecule has 1 aromatic carbocycles. The number of hydrogen-bond donors (Lipinski definition) is 0. The van der Waals surface area contributed by atoms with E-state index in [1.165, 1.54) is 17.2 Å². The molecule has 0 spiro atoms. The van der Waals surface area contributed by atoms with Gasteiger partial charge in [-0.2, -0.15) is 13.2 Å². The lowest BCUT2D eigenvalue weighted by Gasteiger charge is -2.26. The van der Waals surface area contributed by atoms with Gasteiger partial charge in [0.05, 0.1) is 6.54 Å². The van der Waals surface area contributed by atoms with Crippen LogP contribution in [0.1, 0.15) is 13.3 Å². The first-order valence-corrected chi connectivity index (χ1v) is 8.54. The highest BCUT2D eigenvalue weighted by molar-refractivity contribution is 5.92. The monoisotopic (exact) mass is 373 g/mol. The number of rotatable bonds is 5. The largest absolute Gasteiger partial charge is 0.401 e. The second-order valence-electron chi connectivity index (χ2n) is 6.66. The van der Waals surface area contributed by atoms with Crippen LogP contribution in [0.3, 0.4) is 0 Å². The van der Waals surface area contributed by atoms with Crippen molar-refractivity contribution in [3.63, 3.8) is 0 Å². The molecule has 0 N–H and O–H groups in total. The lowest BCUT2D eigenvalue weighted by atomic mass is 10.1. The summed E-state index contributed by atoms with van der Waals surface area (Å²) in [5.74, 6) is -1.33. The first-order valence-electron chi connectivity index (χ1n) is 8.54. The number of nitrogens with zero attached hydrogens (tertiary/aromatic N) is 3. The molecule has 1 aliphatic heterocycles. The van der Waals surface area contributed by atoms with Gasteiger partial charge in [0.2, 0.25) is 0 Å². The molecule has 1 atom stereocenters. The molecule has 1 saturated heterocycles. The van der Waals surface area contributed by atoms with E-state index in [-0.39, 0.29) is 11.4 Å². The van der Waals surface area contributed by atoms with Gasteiger partial charge in [0.1, 0.15) is 11.3 Å². The zero-order chi connectivity index (χ0) is 18.9. The van der Waals surface area contributed by atoms with Crippen molar-refractivity contribution in [3.8, 4) is 0 Å². The minimum atomic E-state index is -4.22. The summed E-state index contributed by atoms with van der Waals surface area (Å²) in [5.41, 5.74) is 0.759. The number of pyridine rings is 1. The van der Waals surface area contributed by atoms with E-state index in [2.05, 4.69) is 4.98 Å². The van der Waals surface area contributed by atoms with Crippen LogP contribution >= 0.6 is 0 Å². The molecule has 26 heavy (non-hydrogen) atoms. The van der Waals surface area contributed by atoms with Crippen LogP contribution in [0.2, 0.25) is 0 Å². The number of alkyl halides is 3. The predicted molar refractivity (Wildman–Crippen MR) is 90.1 cm³/mol. The molecule has 8 heteroatoms. The zero-order valence-corrected chi connectivity index (χ0v) is 14.4. The molecule has 1 unspecified atom stereocenters. The summed E-state index contributed by atoms with van der Waals surface area (Å²) < 4.78 is 65.4. The Labute approximate surface area is 148 Å². The summed E-state index contributed by atoms with van der Waals surface area (Å²) in [6, 6.07) is 3.73. The Morgan fingerprint density at radius 3 is 2.73 bits per heavy atom. The van der Waals surface area contributed by atoms with E-state index >= 15 is 0 Å². The first kappa shape index (κ1) is 18.8. The topological polar surface area (TPSA) is 19.4 Å². The smallest absolute Gasteiger partial charge is 0.371 e. The van der Waals surface area contributed by atoms with Gasteiger partial charge >= 0.3 is 6.18 Å². The third-order valence-electron chi connectivity index (χ3n) is 4.73. The molecule has 1 aromatic heterocycles. The number of anilines is 1. The van der Waals surface area contributed by atoms with Crippen LogP contribution < -0.4 is 4.90 Å². The number of halogens is 5. The van der Waals surface area contributed by atoms with E-state index in [1.807, 2.05) is 4.90 Å². The van der Waals surface area contributed by atoms with Crippen LogP contribution in [0.4, 0.5) is 27.6 Å². The van der Waals surface area contributed by atoms with E-state index in [0.29, 0.717) is 37.3 Å². The molecular weight excluding hydrogens is 353 g/mol. The zero-order valence-electron chi connectivity index (χ0n) is 14.4. The minimum absolute atomic E-state index is 0.0684. The van der Waals surface area contributed by atoms with Crippen LogP contribution in [0.25, 0.3) is 10.9 Å². The Morgan fingerprint density at radius 2 is 2.04 bits per heavy atom. The summed E-state index contributed by atoms with van der Waals surface area (Å²) in [5, 5.41) is 0.383. The quantitative estimate of drug-likeness (QED) is 0.732. The molecule has 0 bridgehead atoms. The SMILES string of the molecule is CCN(CC1CCN(c2ccnc3c(F)cc(F)cc23)C1)CC(F)(F)F. The fourth-order valence-corrected chi connectivity index (χ4v) is 3.57. The Kier molecular flexibility index (Phi) is 5.32. The van der Waals surface area contributed by atoms with E-state index in [1.54, 1.807) is 13.0 Å². The number of benzene rings is 1. The lowest BCUT2D eigenvalue weighted by molar-refractivity contribution is -0.146. The first-order chi connectivity index (χ1) is 12.3. The van der Waals surface area contributed by atoms with Crippen molar-refractivity contribution in [2.75, 3.05) is 37.6 Å². The van der Waals surface area contributed by atoms with E-state index in [4.69, 9.17) is 0 Å². The molecule has 0 radical (unpaired) electrons. The third kappa shape index (κ3) is 4.23. The van der Waals surface area contributed by atoms with Gasteiger partial charge in [-0.25, -0.2) is 8.78 Å². The van der Waals surface area contributed by atoms with Crippen molar-refractivity contribution in [2.45, 2.75) is 19.5 Å². The van der Waals surface area contributed by atoms with Crippen LogP contribution in [0.5, 0.6) is 0 Å². The summed E-state index contributed by atoms with van der Waals surface area (Å²) in [6.07, 6.45) is -2.02. The van der Waals surface area contributed by atoms with Gasteiger partial charge in [0.25, 0.3) is 0 Å². The Bertz CT molecular complexity index is 777. The second kappa shape index (κ2) is 7.34. The normalized spacial score (nSPS) is 18.3. The maximum atomic E-state index is 13.9. The summed E-state index contributed by atoms with van der Waals surface area (Å²) in [7, 11) is 0. The van der Waals surface area contributed by atoms with Gasteiger partial charge in [-0.1, -0.05) is 6.92 Å². The fraction of sp³-hybridized carbons (Fsp3) is 0.500. The minimum Gasteiger partial charge on any atom is -0.371 e. The molecule has 142 valence electrons. The van der Waals surface area contributed by atoms with Gasteiger partial charge in [0.15, 0.2) is 5.82 Å². The number of fused-ring (bicyclic) bond motifs is 1. The van der Waals surface area contributed by atoms with Crippen molar-refractivity contribution in [1.29, 1.82) is 0 Å². The number of aromatic nitrogens is 1. The van der Waals surface area contributed by atoms with Crippen molar-refractivity contribution < 1.29 is 22.0 Å². The summed E-state index contributed by atoms with van der Waals surface area (Å²) in [6.45, 7) is 2.63. The van der Waals surface area contributed by atoms with Crippen LogP contribution in [-0.2, 0) is 0 Å². The third-order valence-corrected chi connectivity index (χ3v) is 4.73. The van der Waals surface area contributed by atoms with Crippen LogP contribution in [0.15, 0.2) is 24.4 Å². The molecule has 3 rings (SSSR count). The molecule has 3 nitrogen and oxygen atoms in total. The fourth-order valence-electron chi connectivity index (χ4n) is 3.57. The highest BCUT2D eigenvalue weighted by Gasteiger charge is 2.32. The van der Waals surface area contributed by atoms with Crippen molar-refractivity contribution in [3.05, 3.63) is 36.0 Å². The molecule has 0 saturated carbocycles. The van der Waals surface area contributed by atoms with Crippen molar-refractivity contribution in [1.82, 2.24) is 9.88 Å². The molecular formula is C18H20F5N3. The molecule has 1 fully saturated rings. The molecule has 0 amide bonds. The second-order valence-corrected chi connectivity index (χ2v) is 6.66. The molecule has 1 aliphatic rings. The Hall–Kier alpha value is -1.96. The summed E-state index contributed by atoms with van der Waals surface area (Å²) >= 11 is 0. The molecule has 0 aliphatic carbocycles. The Balaban J connectivity index is 1.76. The van der Waals surface area contributed by atoms with E-state index in [9.17, 15) is 22.0 Å². The van der Waals surface area contributed by atoms with Gasteiger partial charge < -0.3 is 4.90 Å². The average Bonchev–Trinajstić information content (AvgIpc) is 3.00. The van der Waals surface area contributed by atoms with Gasteiger partial charge in [-0.05, 0) is 31.0 Å². The van der Waals surface area contributed by atoms with Crippen LogP contribution in [0, 0.1) is 17.6 Å². The van der Waals surface area contributed by atoms with Crippen molar-refractivity contribution in [2.24, 2.45) is 5.92 Å². The number of hydrogen-bond acceptors (Lipinski definition) is 3. The van der Waals surface area contributed by atoms with Crippen molar-refractivity contribution >= 4 is 16.6 Å². The standard InChI is InChI=1S/C18H20F5N3/c1-2-25(11-18(21,22)23)9-12-4-6-26(10-12)16-3-5-24-17-14(16)7-13(19)8-15(17)20/h3,5,7-8,12H,2,4,6,9-11H2,1H3. The maximum absolute atomic E-state index is 13.9. The Morgan fingerprint density at radius 1 is 1.27 bits per heavy atom. The lowest BCUT2D eigenvalue weighted by Crippen LogP contribution is -2.38. The highest BCUT2D eigenvalue weighted by Crippen LogP contribution is 2.32. The van der Waals surface area contributed by atoms with Gasteiger partial charge in [-0.3, -0.25) is 9.88 Å². The molecule has 2 aromatic rings.